The van der Waals surface area contributed by atoms with Gasteiger partial charge in [-0.15, -0.1) is 0 Å². The topological polar surface area (TPSA) is 101 Å². The van der Waals surface area contributed by atoms with Gasteiger partial charge >= 0.3 is 5.97 Å². The van der Waals surface area contributed by atoms with Crippen molar-refractivity contribution in [2.45, 2.75) is 11.4 Å². The van der Waals surface area contributed by atoms with Gasteiger partial charge in [0.15, 0.2) is 0 Å². The zero-order valence-corrected chi connectivity index (χ0v) is 11.1. The van der Waals surface area contributed by atoms with Crippen LogP contribution in [0.3, 0.4) is 0 Å². The average molecular weight is 317 g/mol. The number of sulfonamides is 1. The van der Waals surface area contributed by atoms with Gasteiger partial charge in [0.05, 0.1) is 6.20 Å². The van der Waals surface area contributed by atoms with Gasteiger partial charge in [-0.05, 0) is 12.1 Å². The number of carbonyl (C=O) groups is 1. The minimum Gasteiger partial charge on any atom is -0.480 e. The van der Waals surface area contributed by atoms with Crippen molar-refractivity contribution in [1.29, 1.82) is 0 Å². The molecule has 0 aliphatic carbocycles. The van der Waals surface area contributed by atoms with Crippen LogP contribution in [0, 0.1) is 11.6 Å². The molecule has 2 aromatic rings. The lowest BCUT2D eigenvalue weighted by Gasteiger charge is -2.07. The Labute approximate surface area is 117 Å². The van der Waals surface area contributed by atoms with Crippen molar-refractivity contribution in [2.75, 3.05) is 4.72 Å². The first kappa shape index (κ1) is 14.9. The summed E-state index contributed by atoms with van der Waals surface area (Å²) in [4.78, 5) is 10.1. The summed E-state index contributed by atoms with van der Waals surface area (Å²) in [5.74, 6) is -3.36. The molecule has 0 bridgehead atoms. The zero-order valence-electron chi connectivity index (χ0n) is 10.3. The second kappa shape index (κ2) is 5.48. The number of halogens is 2. The van der Waals surface area contributed by atoms with Crippen molar-refractivity contribution in [2.24, 2.45) is 0 Å². The lowest BCUT2D eigenvalue weighted by molar-refractivity contribution is -0.137. The van der Waals surface area contributed by atoms with E-state index in [0.29, 0.717) is 0 Å². The number of benzene rings is 1. The molecular formula is C11H9F2N3O4S. The number of hydrogen-bond acceptors (Lipinski definition) is 4. The fourth-order valence-electron chi connectivity index (χ4n) is 1.50. The quantitative estimate of drug-likeness (QED) is 0.858. The minimum atomic E-state index is -4.28. The lowest BCUT2D eigenvalue weighted by atomic mass is 10.3. The van der Waals surface area contributed by atoms with Crippen LogP contribution >= 0.6 is 0 Å². The Hall–Kier alpha value is -2.49. The van der Waals surface area contributed by atoms with Gasteiger partial charge < -0.3 is 5.11 Å². The second-order valence-corrected chi connectivity index (χ2v) is 5.65. The number of nitrogens with zero attached hydrogens (tertiary/aromatic N) is 2. The maximum atomic E-state index is 13.4. The van der Waals surface area contributed by atoms with E-state index in [-0.39, 0.29) is 0 Å². The highest BCUT2D eigenvalue weighted by Crippen LogP contribution is 2.21. The highest BCUT2D eigenvalue weighted by molar-refractivity contribution is 7.92. The average Bonchev–Trinajstić information content (AvgIpc) is 2.82. The van der Waals surface area contributed by atoms with Crippen LogP contribution in [0.1, 0.15) is 0 Å². The van der Waals surface area contributed by atoms with Crippen molar-refractivity contribution in [3.8, 4) is 0 Å². The number of hydrogen-bond donors (Lipinski definition) is 2. The Bertz CT molecular complexity index is 768. The molecule has 7 nitrogen and oxygen atoms in total. The molecule has 112 valence electrons. The van der Waals surface area contributed by atoms with Crippen LogP contribution in [-0.2, 0) is 21.4 Å². The molecule has 1 heterocycles. The van der Waals surface area contributed by atoms with Gasteiger partial charge in [0, 0.05) is 6.20 Å². The first-order valence-corrected chi connectivity index (χ1v) is 6.99. The van der Waals surface area contributed by atoms with Crippen LogP contribution in [0.2, 0.25) is 0 Å². The number of aromatic nitrogens is 2. The summed E-state index contributed by atoms with van der Waals surface area (Å²) < 4.78 is 53.4. The van der Waals surface area contributed by atoms with E-state index in [9.17, 15) is 22.0 Å². The van der Waals surface area contributed by atoms with E-state index in [1.807, 2.05) is 0 Å². The van der Waals surface area contributed by atoms with Crippen molar-refractivity contribution < 1.29 is 27.1 Å². The lowest BCUT2D eigenvalue weighted by Crippen LogP contribution is -2.15. The normalized spacial score (nSPS) is 11.3. The first-order chi connectivity index (χ1) is 9.79. The molecule has 0 amide bonds. The Morgan fingerprint density at radius 3 is 2.52 bits per heavy atom. The highest BCUT2D eigenvalue weighted by atomic mass is 32.2. The van der Waals surface area contributed by atoms with Crippen LogP contribution in [0.25, 0.3) is 0 Å². The Kier molecular flexibility index (Phi) is 3.89. The van der Waals surface area contributed by atoms with Crippen LogP contribution in [0.5, 0.6) is 0 Å². The van der Waals surface area contributed by atoms with Crippen molar-refractivity contribution >= 4 is 21.7 Å². The monoisotopic (exact) mass is 317 g/mol. The van der Waals surface area contributed by atoms with Crippen molar-refractivity contribution in [3.63, 3.8) is 0 Å². The number of para-hydroxylation sites is 1. The maximum absolute atomic E-state index is 13.4. The molecule has 0 radical (unpaired) electrons. The standard InChI is InChI=1S/C11H9F2N3O4S/c12-8-2-1-3-9(13)11(8)15-21(19,20)7-4-14-16(5-7)6-10(17)18/h1-5,15H,6H2,(H,17,18). The number of rotatable bonds is 5. The Morgan fingerprint density at radius 2 is 1.95 bits per heavy atom. The van der Waals surface area contributed by atoms with Gasteiger partial charge in [-0.1, -0.05) is 6.07 Å². The second-order valence-electron chi connectivity index (χ2n) is 3.97. The van der Waals surface area contributed by atoms with Crippen LogP contribution in [0.15, 0.2) is 35.5 Å². The van der Waals surface area contributed by atoms with E-state index in [1.165, 1.54) is 0 Å². The molecule has 10 heteroatoms. The summed E-state index contributed by atoms with van der Waals surface area (Å²) in [6.45, 7) is -0.538. The van der Waals surface area contributed by atoms with Gasteiger partial charge in [-0.2, -0.15) is 5.10 Å². The highest BCUT2D eigenvalue weighted by Gasteiger charge is 2.21. The third kappa shape index (κ3) is 3.34. The van der Waals surface area contributed by atoms with E-state index >= 15 is 0 Å². The van der Waals surface area contributed by atoms with Gasteiger partial charge in [0.2, 0.25) is 0 Å². The summed E-state index contributed by atoms with van der Waals surface area (Å²) in [6.07, 6.45) is 1.82. The number of aliphatic carboxylic acids is 1. The largest absolute Gasteiger partial charge is 0.480 e. The van der Waals surface area contributed by atoms with Gasteiger partial charge in [0.25, 0.3) is 10.0 Å². The molecule has 0 unspecified atom stereocenters. The number of nitrogens with one attached hydrogen (secondary N) is 1. The molecular weight excluding hydrogens is 308 g/mol. The fourth-order valence-corrected chi connectivity index (χ4v) is 2.52. The van der Waals surface area contributed by atoms with E-state index in [2.05, 4.69) is 5.10 Å². The molecule has 1 aromatic carbocycles. The zero-order chi connectivity index (χ0) is 15.6. The van der Waals surface area contributed by atoms with Gasteiger partial charge in [0.1, 0.15) is 28.8 Å². The summed E-state index contributed by atoms with van der Waals surface area (Å²) in [7, 11) is -4.28. The molecule has 0 spiro atoms. The molecule has 0 atom stereocenters. The molecule has 2 rings (SSSR count). The third-order valence-electron chi connectivity index (χ3n) is 2.42. The van der Waals surface area contributed by atoms with Crippen LogP contribution in [-0.4, -0.2) is 29.3 Å². The third-order valence-corrected chi connectivity index (χ3v) is 3.72. The smallest absolute Gasteiger partial charge is 0.325 e. The maximum Gasteiger partial charge on any atom is 0.325 e. The number of anilines is 1. The number of carboxylic acid groups (broad SMARTS) is 1. The summed E-state index contributed by atoms with van der Waals surface area (Å²) in [5.41, 5.74) is -0.816. The van der Waals surface area contributed by atoms with Gasteiger partial charge in [-0.3, -0.25) is 14.2 Å². The predicted molar refractivity (Wildman–Crippen MR) is 67.0 cm³/mol. The van der Waals surface area contributed by atoms with E-state index in [0.717, 1.165) is 35.3 Å². The summed E-state index contributed by atoms with van der Waals surface area (Å²) >= 11 is 0. The van der Waals surface area contributed by atoms with Crippen LogP contribution < -0.4 is 4.72 Å². The first-order valence-electron chi connectivity index (χ1n) is 5.50. The SMILES string of the molecule is O=C(O)Cn1cc(S(=O)(=O)Nc2c(F)cccc2F)cn1. The van der Waals surface area contributed by atoms with E-state index < -0.39 is 44.8 Å². The molecule has 0 aliphatic rings. The van der Waals surface area contributed by atoms with E-state index in [1.54, 1.807) is 4.72 Å². The molecule has 21 heavy (non-hydrogen) atoms. The Balaban J connectivity index is 2.30. The van der Waals surface area contributed by atoms with Crippen LogP contribution in [0.4, 0.5) is 14.5 Å². The molecule has 0 fully saturated rings. The minimum absolute atomic E-state index is 0.411. The van der Waals surface area contributed by atoms with Gasteiger partial charge in [-0.25, -0.2) is 17.2 Å². The van der Waals surface area contributed by atoms with E-state index in [4.69, 9.17) is 5.11 Å². The summed E-state index contributed by atoms with van der Waals surface area (Å²) in [6, 6.07) is 2.89. The molecule has 1 aromatic heterocycles. The Morgan fingerprint density at radius 1 is 1.33 bits per heavy atom. The number of carboxylic acids is 1. The predicted octanol–water partition coefficient (Wildman–Crippen LogP) is 1.05. The fraction of sp³-hybridized carbons (Fsp3) is 0.0909. The molecule has 0 aliphatic heterocycles. The van der Waals surface area contributed by atoms with Crippen molar-refractivity contribution in [1.82, 2.24) is 9.78 Å². The van der Waals surface area contributed by atoms with Crippen molar-refractivity contribution in [3.05, 3.63) is 42.2 Å². The summed E-state index contributed by atoms with van der Waals surface area (Å²) in [5, 5.41) is 12.1. The molecule has 0 saturated carbocycles. The molecule has 2 N–H and O–H groups in total. The molecule has 0 saturated heterocycles.